The predicted molar refractivity (Wildman–Crippen MR) is 95.1 cm³/mol. The van der Waals surface area contributed by atoms with Crippen molar-refractivity contribution in [2.45, 2.75) is 0 Å². The van der Waals surface area contributed by atoms with Gasteiger partial charge >= 0.3 is 0 Å². The second-order valence-corrected chi connectivity index (χ2v) is 5.95. The van der Waals surface area contributed by atoms with Crippen LogP contribution in [-0.4, -0.2) is 28.0 Å². The highest BCUT2D eigenvalue weighted by molar-refractivity contribution is 6.26. The van der Waals surface area contributed by atoms with Crippen molar-refractivity contribution < 1.29 is 23.3 Å². The second kappa shape index (κ2) is 6.31. The van der Waals surface area contributed by atoms with Crippen LogP contribution in [0.4, 0.5) is 14.5 Å². The molecule has 0 radical (unpaired) electrons. The van der Waals surface area contributed by atoms with Crippen molar-refractivity contribution in [1.29, 1.82) is 0 Å². The molecular weight excluding hydrogens is 372 g/mol. The number of nitro benzene ring substituents is 1. The molecule has 0 bridgehead atoms. The number of amides is 2. The van der Waals surface area contributed by atoms with E-state index in [1.54, 1.807) is 0 Å². The minimum Gasteiger partial charge on any atom is -0.267 e. The molecule has 0 aliphatic carbocycles. The van der Waals surface area contributed by atoms with Crippen molar-refractivity contribution in [2.75, 3.05) is 0 Å². The summed E-state index contributed by atoms with van der Waals surface area (Å²) in [6.45, 7) is 0. The van der Waals surface area contributed by atoms with Gasteiger partial charge in [0.25, 0.3) is 17.5 Å². The van der Waals surface area contributed by atoms with E-state index in [2.05, 4.69) is 5.10 Å². The van der Waals surface area contributed by atoms with Gasteiger partial charge in [-0.25, -0.2) is 8.78 Å². The van der Waals surface area contributed by atoms with Gasteiger partial charge in [-0.15, -0.1) is 0 Å². The summed E-state index contributed by atoms with van der Waals surface area (Å²) in [6, 6.07) is 9.54. The molecule has 2 amide bonds. The highest BCUT2D eigenvalue weighted by Gasteiger charge is 2.34. The lowest BCUT2D eigenvalue weighted by Gasteiger charge is -2.22. The molecular formula is C19H9F2N3O4. The molecule has 0 unspecified atom stereocenters. The first-order valence-corrected chi connectivity index (χ1v) is 7.96. The first-order chi connectivity index (χ1) is 13.4. The van der Waals surface area contributed by atoms with E-state index in [1.165, 1.54) is 30.3 Å². The lowest BCUT2D eigenvalue weighted by molar-refractivity contribution is -0.383. The summed E-state index contributed by atoms with van der Waals surface area (Å²) in [4.78, 5) is 36.1. The number of benzene rings is 3. The molecule has 0 saturated carbocycles. The van der Waals surface area contributed by atoms with Crippen LogP contribution in [0, 0.1) is 21.7 Å². The number of rotatable bonds is 3. The van der Waals surface area contributed by atoms with Gasteiger partial charge in [-0.05, 0) is 30.3 Å². The highest BCUT2D eigenvalue weighted by Crippen LogP contribution is 2.35. The first kappa shape index (κ1) is 17.4. The number of hydrogen-bond acceptors (Lipinski definition) is 5. The van der Waals surface area contributed by atoms with Crippen molar-refractivity contribution in [1.82, 2.24) is 5.01 Å². The molecule has 1 aliphatic heterocycles. The van der Waals surface area contributed by atoms with Crippen molar-refractivity contribution in [3.63, 3.8) is 0 Å². The fourth-order valence-corrected chi connectivity index (χ4v) is 3.06. The Morgan fingerprint density at radius 1 is 1.00 bits per heavy atom. The molecule has 9 heteroatoms. The SMILES string of the molecule is O=C1c2cccc3c([N+](=O)[O-])ccc(c23)C(=O)N1N=Cc1ccc(F)cc1F. The molecule has 0 spiro atoms. The summed E-state index contributed by atoms with van der Waals surface area (Å²) < 4.78 is 26.8. The molecule has 0 N–H and O–H groups in total. The third-order valence-corrected chi connectivity index (χ3v) is 4.33. The second-order valence-electron chi connectivity index (χ2n) is 5.95. The summed E-state index contributed by atoms with van der Waals surface area (Å²) in [5.74, 6) is -3.29. The van der Waals surface area contributed by atoms with Crippen LogP contribution >= 0.6 is 0 Å². The van der Waals surface area contributed by atoms with E-state index < -0.39 is 28.4 Å². The minimum absolute atomic E-state index is 0.0625. The molecule has 1 heterocycles. The normalized spacial score (nSPS) is 13.6. The average Bonchev–Trinajstić information content (AvgIpc) is 2.66. The quantitative estimate of drug-likeness (QED) is 0.300. The first-order valence-electron chi connectivity index (χ1n) is 7.96. The Bertz CT molecular complexity index is 1200. The number of hydrazone groups is 1. The Hall–Kier alpha value is -4.01. The number of nitrogens with zero attached hydrogens (tertiary/aromatic N) is 3. The van der Waals surface area contributed by atoms with Gasteiger partial charge in [0.05, 0.1) is 27.7 Å². The largest absolute Gasteiger partial charge is 0.282 e. The number of nitro groups is 1. The van der Waals surface area contributed by atoms with Crippen LogP contribution in [0.1, 0.15) is 26.3 Å². The molecule has 0 atom stereocenters. The molecule has 3 aromatic rings. The Balaban J connectivity index is 1.82. The molecule has 1 aliphatic rings. The fourth-order valence-electron chi connectivity index (χ4n) is 3.06. The number of hydrogen-bond donors (Lipinski definition) is 0. The van der Waals surface area contributed by atoms with Crippen LogP contribution in [0.25, 0.3) is 10.8 Å². The Kier molecular flexibility index (Phi) is 3.92. The standard InChI is InChI=1S/C19H9F2N3O4/c20-11-5-4-10(15(21)8-11)9-22-23-18(25)13-3-1-2-12-16(24(27)28)7-6-14(17(12)13)19(23)26/h1-9H. The maximum Gasteiger partial charge on any atom is 0.282 e. The molecule has 0 fully saturated rings. The number of non-ortho nitro benzene ring substituents is 1. The Labute approximate surface area is 155 Å². The predicted octanol–water partition coefficient (Wildman–Crippen LogP) is 3.66. The monoisotopic (exact) mass is 381 g/mol. The topological polar surface area (TPSA) is 92.9 Å². The number of halogens is 2. The summed E-state index contributed by atoms with van der Waals surface area (Å²) >= 11 is 0. The molecule has 0 aromatic heterocycles. The van der Waals surface area contributed by atoms with E-state index >= 15 is 0 Å². The van der Waals surface area contributed by atoms with Gasteiger partial charge in [0.2, 0.25) is 0 Å². The maximum absolute atomic E-state index is 13.8. The van der Waals surface area contributed by atoms with E-state index in [1.807, 2.05) is 0 Å². The summed E-state index contributed by atoms with van der Waals surface area (Å²) in [5.41, 5.74) is -0.221. The summed E-state index contributed by atoms with van der Waals surface area (Å²) in [6.07, 6.45) is 0.932. The van der Waals surface area contributed by atoms with E-state index in [-0.39, 0.29) is 33.2 Å². The zero-order chi connectivity index (χ0) is 20.0. The van der Waals surface area contributed by atoms with Crippen LogP contribution in [0.5, 0.6) is 0 Å². The minimum atomic E-state index is -0.904. The lowest BCUT2D eigenvalue weighted by Crippen LogP contribution is -2.36. The van der Waals surface area contributed by atoms with Crippen LogP contribution in [0.3, 0.4) is 0 Å². The summed E-state index contributed by atoms with van der Waals surface area (Å²) in [5, 5.41) is 15.9. The van der Waals surface area contributed by atoms with Crippen LogP contribution in [0.2, 0.25) is 0 Å². The van der Waals surface area contributed by atoms with Gasteiger partial charge in [0.1, 0.15) is 11.6 Å². The summed E-state index contributed by atoms with van der Waals surface area (Å²) in [7, 11) is 0. The third kappa shape index (κ3) is 2.60. The highest BCUT2D eigenvalue weighted by atomic mass is 19.1. The average molecular weight is 381 g/mol. The van der Waals surface area contributed by atoms with Gasteiger partial charge in [0, 0.05) is 23.1 Å². The van der Waals surface area contributed by atoms with Gasteiger partial charge in [-0.1, -0.05) is 6.07 Å². The molecule has 7 nitrogen and oxygen atoms in total. The molecule has 3 aromatic carbocycles. The number of carbonyl (C=O) groups excluding carboxylic acids is 2. The zero-order valence-electron chi connectivity index (χ0n) is 13.9. The molecule has 138 valence electrons. The van der Waals surface area contributed by atoms with E-state index in [4.69, 9.17) is 0 Å². The van der Waals surface area contributed by atoms with Crippen LogP contribution in [0.15, 0.2) is 53.6 Å². The Morgan fingerprint density at radius 3 is 2.39 bits per heavy atom. The smallest absolute Gasteiger partial charge is 0.267 e. The van der Waals surface area contributed by atoms with Crippen LogP contribution < -0.4 is 0 Å². The number of imide groups is 1. The van der Waals surface area contributed by atoms with E-state index in [9.17, 15) is 28.5 Å². The fraction of sp³-hybridized carbons (Fsp3) is 0. The number of carbonyl (C=O) groups is 2. The molecule has 0 saturated heterocycles. The van der Waals surface area contributed by atoms with Crippen LogP contribution in [-0.2, 0) is 0 Å². The van der Waals surface area contributed by atoms with Crippen molar-refractivity contribution in [3.05, 3.63) is 87.0 Å². The maximum atomic E-state index is 13.8. The van der Waals surface area contributed by atoms with E-state index in [0.717, 1.165) is 18.3 Å². The third-order valence-electron chi connectivity index (χ3n) is 4.33. The molecule has 4 rings (SSSR count). The van der Waals surface area contributed by atoms with Crippen molar-refractivity contribution >= 4 is 34.5 Å². The Morgan fingerprint density at radius 2 is 1.71 bits per heavy atom. The van der Waals surface area contributed by atoms with Crippen molar-refractivity contribution in [3.8, 4) is 0 Å². The van der Waals surface area contributed by atoms with Gasteiger partial charge in [0.15, 0.2) is 0 Å². The lowest BCUT2D eigenvalue weighted by atomic mass is 9.94. The van der Waals surface area contributed by atoms with Crippen molar-refractivity contribution in [2.24, 2.45) is 5.10 Å². The molecule has 28 heavy (non-hydrogen) atoms. The van der Waals surface area contributed by atoms with Gasteiger partial charge in [-0.3, -0.25) is 19.7 Å². The van der Waals surface area contributed by atoms with E-state index in [0.29, 0.717) is 11.1 Å². The van der Waals surface area contributed by atoms with Gasteiger partial charge in [-0.2, -0.15) is 10.1 Å². The zero-order valence-corrected chi connectivity index (χ0v) is 13.9. The van der Waals surface area contributed by atoms with Gasteiger partial charge < -0.3 is 0 Å².